The summed E-state index contributed by atoms with van der Waals surface area (Å²) in [5.41, 5.74) is 2.43. The van der Waals surface area contributed by atoms with E-state index in [1.807, 2.05) is 18.2 Å². The van der Waals surface area contributed by atoms with Gasteiger partial charge < -0.3 is 5.11 Å². The van der Waals surface area contributed by atoms with Crippen LogP contribution in [0.1, 0.15) is 36.4 Å². The lowest BCUT2D eigenvalue weighted by molar-refractivity contribution is -0.138. The number of hydrogen-bond acceptors (Lipinski definition) is 3. The highest BCUT2D eigenvalue weighted by Crippen LogP contribution is 2.46. The molecule has 3 aliphatic rings. The molecular formula is C20H21NO2. The Balaban J connectivity index is 1.69. The molecule has 2 saturated heterocycles. The van der Waals surface area contributed by atoms with Crippen molar-refractivity contribution in [3.63, 3.8) is 0 Å². The zero-order chi connectivity index (χ0) is 15.8. The van der Waals surface area contributed by atoms with Crippen molar-refractivity contribution in [2.75, 3.05) is 0 Å². The second kappa shape index (κ2) is 5.82. The van der Waals surface area contributed by atoms with Gasteiger partial charge in [0.2, 0.25) is 0 Å². The van der Waals surface area contributed by atoms with Gasteiger partial charge in [-0.3, -0.25) is 9.69 Å². The van der Waals surface area contributed by atoms with Crippen LogP contribution in [0.2, 0.25) is 0 Å². The van der Waals surface area contributed by atoms with Gasteiger partial charge in [-0.2, -0.15) is 0 Å². The van der Waals surface area contributed by atoms with E-state index in [0.717, 1.165) is 24.9 Å². The fourth-order valence-corrected chi connectivity index (χ4v) is 4.21. The van der Waals surface area contributed by atoms with Gasteiger partial charge in [-0.25, -0.2) is 0 Å². The van der Waals surface area contributed by atoms with Crippen LogP contribution in [0.25, 0.3) is 0 Å². The Kier molecular flexibility index (Phi) is 3.66. The minimum atomic E-state index is 0.0910. The number of phenols is 1. The Labute approximate surface area is 136 Å². The van der Waals surface area contributed by atoms with Gasteiger partial charge in [0, 0.05) is 31.0 Å². The summed E-state index contributed by atoms with van der Waals surface area (Å²) in [6.45, 7) is 0.876. The van der Waals surface area contributed by atoms with Gasteiger partial charge in [-0.05, 0) is 36.1 Å². The topological polar surface area (TPSA) is 40.5 Å². The molecule has 3 atom stereocenters. The molecule has 2 heterocycles. The third-order valence-corrected chi connectivity index (χ3v) is 5.31. The van der Waals surface area contributed by atoms with E-state index < -0.39 is 0 Å². The maximum absolute atomic E-state index is 12.4. The summed E-state index contributed by atoms with van der Waals surface area (Å²) in [7, 11) is 0. The highest BCUT2D eigenvalue weighted by Gasteiger charge is 2.46. The molecule has 3 unspecified atom stereocenters. The van der Waals surface area contributed by atoms with Crippen LogP contribution in [0.5, 0.6) is 5.75 Å². The van der Waals surface area contributed by atoms with Gasteiger partial charge in [-0.15, -0.1) is 0 Å². The van der Waals surface area contributed by atoms with Crippen LogP contribution in [-0.4, -0.2) is 21.8 Å². The fourth-order valence-electron chi connectivity index (χ4n) is 4.21. The fraction of sp³-hybridized carbons (Fsp3) is 0.350. The van der Waals surface area contributed by atoms with E-state index in [1.54, 1.807) is 12.1 Å². The third-order valence-electron chi connectivity index (χ3n) is 5.31. The van der Waals surface area contributed by atoms with E-state index >= 15 is 0 Å². The Hall–Kier alpha value is -2.13. The predicted octanol–water partition coefficient (Wildman–Crippen LogP) is 3.69. The van der Waals surface area contributed by atoms with Crippen molar-refractivity contribution in [2.24, 2.45) is 5.92 Å². The average Bonchev–Trinajstić information content (AvgIpc) is 2.58. The lowest BCUT2D eigenvalue weighted by atomic mass is 9.71. The average molecular weight is 307 g/mol. The number of aromatic hydroxyl groups is 1. The van der Waals surface area contributed by atoms with E-state index in [1.165, 1.54) is 5.56 Å². The van der Waals surface area contributed by atoms with Crippen LogP contribution >= 0.6 is 0 Å². The van der Waals surface area contributed by atoms with Crippen LogP contribution in [0, 0.1) is 5.92 Å². The number of carbonyl (C=O) groups excluding carboxylic acids is 1. The van der Waals surface area contributed by atoms with Crippen molar-refractivity contribution in [2.45, 2.75) is 37.9 Å². The van der Waals surface area contributed by atoms with Gasteiger partial charge in [0.15, 0.2) is 0 Å². The molecule has 2 aliphatic heterocycles. The first kappa shape index (κ1) is 14.5. The number of nitrogens with zero attached hydrogens (tertiary/aromatic N) is 1. The number of fused-ring (bicyclic) bond motifs is 3. The van der Waals surface area contributed by atoms with Crippen molar-refractivity contribution in [1.82, 2.24) is 4.90 Å². The highest BCUT2D eigenvalue weighted by atomic mass is 16.3. The molecular weight excluding hydrogens is 286 g/mol. The summed E-state index contributed by atoms with van der Waals surface area (Å²) in [5.74, 6) is 0.771. The molecule has 0 radical (unpaired) electrons. The number of phenolic OH excluding ortho intramolecular Hbond substituents is 1. The van der Waals surface area contributed by atoms with E-state index in [2.05, 4.69) is 29.2 Å². The van der Waals surface area contributed by atoms with Gasteiger partial charge in [0.05, 0.1) is 0 Å². The molecule has 5 rings (SSSR count). The normalized spacial score (nSPS) is 27.3. The van der Waals surface area contributed by atoms with Gasteiger partial charge in [-0.1, -0.05) is 42.5 Å². The largest absolute Gasteiger partial charge is 0.508 e. The van der Waals surface area contributed by atoms with E-state index in [9.17, 15) is 9.90 Å². The zero-order valence-electron chi connectivity index (χ0n) is 13.1. The first-order valence-electron chi connectivity index (χ1n) is 8.33. The number of hydrogen-bond donors (Lipinski definition) is 1. The van der Waals surface area contributed by atoms with Crippen molar-refractivity contribution in [3.8, 4) is 5.75 Å². The minimum absolute atomic E-state index is 0.0910. The molecule has 2 aromatic carbocycles. The van der Waals surface area contributed by atoms with Crippen LogP contribution < -0.4 is 0 Å². The quantitative estimate of drug-likeness (QED) is 0.940. The number of carbonyl (C=O) groups is 1. The zero-order valence-corrected chi connectivity index (χ0v) is 13.1. The van der Waals surface area contributed by atoms with Gasteiger partial charge >= 0.3 is 0 Å². The van der Waals surface area contributed by atoms with Crippen LogP contribution in [0.15, 0.2) is 54.6 Å². The Morgan fingerprint density at radius 3 is 2.43 bits per heavy atom. The summed E-state index contributed by atoms with van der Waals surface area (Å²) >= 11 is 0. The summed E-state index contributed by atoms with van der Waals surface area (Å²) < 4.78 is 0. The van der Waals surface area contributed by atoms with Crippen molar-refractivity contribution >= 4 is 5.78 Å². The molecule has 1 N–H and O–H groups in total. The SMILES string of the molecule is O=C1CC2CCC1C(c1ccc(O)cc1)N2Cc1ccccc1. The van der Waals surface area contributed by atoms with Gasteiger partial charge in [0.1, 0.15) is 11.5 Å². The summed E-state index contributed by atoms with van der Waals surface area (Å²) in [6.07, 6.45) is 2.78. The Bertz CT molecular complexity index is 695. The summed E-state index contributed by atoms with van der Waals surface area (Å²) in [5, 5.41) is 9.56. The van der Waals surface area contributed by atoms with Crippen molar-refractivity contribution in [1.29, 1.82) is 0 Å². The molecule has 118 valence electrons. The highest BCUT2D eigenvalue weighted by molar-refractivity contribution is 5.84. The molecule has 3 nitrogen and oxygen atoms in total. The maximum atomic E-state index is 12.4. The second-order valence-electron chi connectivity index (χ2n) is 6.70. The van der Waals surface area contributed by atoms with Crippen LogP contribution in [0.4, 0.5) is 0 Å². The standard InChI is InChI=1S/C20H21NO2/c22-17-9-6-15(7-10-17)20-18-11-8-16(12-19(18)23)21(20)13-14-4-2-1-3-5-14/h1-7,9-10,16,18,20,22H,8,11-13H2. The number of ketones is 1. The van der Waals surface area contributed by atoms with E-state index in [-0.39, 0.29) is 17.7 Å². The third kappa shape index (κ3) is 2.66. The number of benzene rings is 2. The lowest BCUT2D eigenvalue weighted by Crippen LogP contribution is -2.53. The van der Waals surface area contributed by atoms with E-state index in [0.29, 0.717) is 18.2 Å². The molecule has 0 amide bonds. The molecule has 2 bridgehead atoms. The molecule has 0 spiro atoms. The van der Waals surface area contributed by atoms with Crippen molar-refractivity contribution in [3.05, 3.63) is 65.7 Å². The van der Waals surface area contributed by atoms with Crippen LogP contribution in [0.3, 0.4) is 0 Å². The summed E-state index contributed by atoms with van der Waals surface area (Å²) in [4.78, 5) is 14.9. The maximum Gasteiger partial charge on any atom is 0.139 e. The van der Waals surface area contributed by atoms with Gasteiger partial charge in [0.25, 0.3) is 0 Å². The lowest BCUT2D eigenvalue weighted by Gasteiger charge is -2.50. The monoisotopic (exact) mass is 307 g/mol. The Morgan fingerprint density at radius 2 is 1.74 bits per heavy atom. The second-order valence-corrected chi connectivity index (χ2v) is 6.70. The molecule has 3 heteroatoms. The molecule has 3 fully saturated rings. The molecule has 0 aromatic heterocycles. The number of Topliss-reactive ketones (excluding diaryl/α,β-unsaturated/α-hetero) is 1. The smallest absolute Gasteiger partial charge is 0.139 e. The molecule has 2 aromatic rings. The Morgan fingerprint density at radius 1 is 1.00 bits per heavy atom. The number of piperidine rings is 2. The molecule has 23 heavy (non-hydrogen) atoms. The van der Waals surface area contributed by atoms with Crippen LogP contribution in [-0.2, 0) is 11.3 Å². The predicted molar refractivity (Wildman–Crippen MR) is 89.0 cm³/mol. The molecule has 1 saturated carbocycles. The van der Waals surface area contributed by atoms with Crippen molar-refractivity contribution < 1.29 is 9.90 Å². The first-order chi connectivity index (χ1) is 11.2. The molecule has 1 aliphatic carbocycles. The number of rotatable bonds is 3. The minimum Gasteiger partial charge on any atom is -0.508 e. The van der Waals surface area contributed by atoms with E-state index in [4.69, 9.17) is 0 Å². The summed E-state index contributed by atoms with van der Waals surface area (Å²) in [6, 6.07) is 18.3. The first-order valence-corrected chi connectivity index (χ1v) is 8.33.